The molecule has 1 heterocycles. The molecule has 1 heteroatoms. The van der Waals surface area contributed by atoms with Gasteiger partial charge in [-0.2, -0.15) is 0 Å². The predicted octanol–water partition coefficient (Wildman–Crippen LogP) is 3.10. The molecule has 0 aromatic heterocycles. The van der Waals surface area contributed by atoms with Gasteiger partial charge in [0.1, 0.15) is 0 Å². The number of likely N-dealkylation sites (N-methyl/N-ethyl adjacent to an activating group) is 1. The highest BCUT2D eigenvalue weighted by molar-refractivity contribution is 5.33. The first-order valence-corrected chi connectivity index (χ1v) is 4.59. The molecule has 0 saturated heterocycles. The lowest BCUT2D eigenvalue weighted by Crippen LogP contribution is -2.10. The molecule has 1 aliphatic heterocycles. The van der Waals surface area contributed by atoms with Crippen LogP contribution < -0.4 is 0 Å². The Morgan fingerprint density at radius 3 is 2.69 bits per heavy atom. The Morgan fingerprint density at radius 2 is 2.15 bits per heavy atom. The predicted molar refractivity (Wildman–Crippen MR) is 58.1 cm³/mol. The van der Waals surface area contributed by atoms with Crippen LogP contribution in [0.5, 0.6) is 0 Å². The molecule has 13 heavy (non-hydrogen) atoms. The third kappa shape index (κ3) is 2.62. The first-order chi connectivity index (χ1) is 6.11. The summed E-state index contributed by atoms with van der Waals surface area (Å²) in [6, 6.07) is 0. The second-order valence-electron chi connectivity index (χ2n) is 3.61. The quantitative estimate of drug-likeness (QED) is 0.623. The molecule has 0 aliphatic carbocycles. The molecule has 0 amide bonds. The van der Waals surface area contributed by atoms with E-state index in [1.54, 1.807) is 0 Å². The van der Waals surface area contributed by atoms with Gasteiger partial charge in [-0.1, -0.05) is 32.1 Å². The van der Waals surface area contributed by atoms with Gasteiger partial charge in [0.2, 0.25) is 0 Å². The van der Waals surface area contributed by atoms with Crippen molar-refractivity contribution in [2.24, 2.45) is 5.92 Å². The van der Waals surface area contributed by atoms with Crippen LogP contribution in [0.25, 0.3) is 0 Å². The molecule has 1 nitrogen and oxygen atoms in total. The van der Waals surface area contributed by atoms with Crippen molar-refractivity contribution in [2.75, 3.05) is 7.05 Å². The molecule has 0 bridgehead atoms. The van der Waals surface area contributed by atoms with E-state index in [1.165, 1.54) is 11.3 Å². The molecular weight excluding hydrogens is 158 g/mol. The van der Waals surface area contributed by atoms with E-state index in [-0.39, 0.29) is 0 Å². The van der Waals surface area contributed by atoms with Crippen LogP contribution in [0.3, 0.4) is 0 Å². The highest BCUT2D eigenvalue weighted by atomic mass is 15.1. The fourth-order valence-electron chi connectivity index (χ4n) is 1.04. The van der Waals surface area contributed by atoms with E-state index in [1.807, 2.05) is 25.4 Å². The number of rotatable bonds is 2. The van der Waals surface area contributed by atoms with Gasteiger partial charge in [0, 0.05) is 18.9 Å². The second kappa shape index (κ2) is 4.13. The van der Waals surface area contributed by atoms with Gasteiger partial charge >= 0.3 is 0 Å². The highest BCUT2D eigenvalue weighted by Gasteiger charge is 2.03. The summed E-state index contributed by atoms with van der Waals surface area (Å²) in [5.41, 5.74) is 2.36. The van der Waals surface area contributed by atoms with E-state index in [0.29, 0.717) is 5.92 Å². The molecule has 0 aromatic carbocycles. The maximum atomic E-state index is 4.02. The summed E-state index contributed by atoms with van der Waals surface area (Å²) in [5.74, 6) is 0.514. The van der Waals surface area contributed by atoms with Crippen molar-refractivity contribution >= 4 is 0 Å². The van der Waals surface area contributed by atoms with Crippen LogP contribution in [0, 0.1) is 5.92 Å². The maximum Gasteiger partial charge on any atom is 0.0406 e. The van der Waals surface area contributed by atoms with Crippen LogP contribution in [-0.4, -0.2) is 11.9 Å². The lowest BCUT2D eigenvalue weighted by molar-refractivity contribution is 0.581. The van der Waals surface area contributed by atoms with Crippen LogP contribution in [0.2, 0.25) is 0 Å². The second-order valence-corrected chi connectivity index (χ2v) is 3.61. The Kier molecular flexibility index (Phi) is 3.13. The number of hydrogen-bond donors (Lipinski definition) is 0. The molecule has 0 aromatic rings. The minimum atomic E-state index is 0.514. The Morgan fingerprint density at radius 1 is 1.46 bits per heavy atom. The monoisotopic (exact) mass is 175 g/mol. The molecule has 0 N–H and O–H groups in total. The molecular formula is C12H17N. The molecule has 0 radical (unpaired) electrons. The fraction of sp³-hybridized carbons (Fsp3) is 0.333. The summed E-state index contributed by atoms with van der Waals surface area (Å²) in [4.78, 5) is 2.09. The molecule has 0 unspecified atom stereocenters. The summed E-state index contributed by atoms with van der Waals surface area (Å²) >= 11 is 0. The smallest absolute Gasteiger partial charge is 0.0406 e. The Balaban J connectivity index is 2.77. The lowest BCUT2D eigenvalue weighted by Gasteiger charge is -2.19. The summed E-state index contributed by atoms with van der Waals surface area (Å²) in [6.07, 6.45) is 10.3. The normalized spacial score (nSPS) is 18.8. The van der Waals surface area contributed by atoms with Crippen molar-refractivity contribution in [3.8, 4) is 0 Å². The summed E-state index contributed by atoms with van der Waals surface area (Å²) in [6.45, 7) is 8.33. The van der Waals surface area contributed by atoms with Crippen LogP contribution >= 0.6 is 0 Å². The van der Waals surface area contributed by atoms with E-state index in [9.17, 15) is 0 Å². The van der Waals surface area contributed by atoms with Crippen LogP contribution in [0.15, 0.2) is 48.4 Å². The summed E-state index contributed by atoms with van der Waals surface area (Å²) in [7, 11) is 2.04. The summed E-state index contributed by atoms with van der Waals surface area (Å²) < 4.78 is 0. The van der Waals surface area contributed by atoms with E-state index in [2.05, 4.69) is 37.5 Å². The molecule has 70 valence electrons. The standard InChI is InChI=1S/C12H17N/c1-10(2)11(3)9-12-7-5-6-8-13(12)4/h5-10H,3H2,1-2,4H3/b12-9-. The van der Waals surface area contributed by atoms with Crippen molar-refractivity contribution in [1.82, 2.24) is 4.90 Å². The maximum absolute atomic E-state index is 4.02. The third-order valence-corrected chi connectivity index (χ3v) is 2.17. The zero-order chi connectivity index (χ0) is 9.84. The minimum Gasteiger partial charge on any atom is -0.351 e. The third-order valence-electron chi connectivity index (χ3n) is 2.17. The zero-order valence-electron chi connectivity index (χ0n) is 8.62. The van der Waals surface area contributed by atoms with Crippen molar-refractivity contribution < 1.29 is 0 Å². The average Bonchev–Trinajstić information content (AvgIpc) is 2.08. The van der Waals surface area contributed by atoms with Gasteiger partial charge < -0.3 is 4.90 Å². The van der Waals surface area contributed by atoms with Crippen LogP contribution in [-0.2, 0) is 0 Å². The number of hydrogen-bond acceptors (Lipinski definition) is 1. The van der Waals surface area contributed by atoms with Crippen LogP contribution in [0.4, 0.5) is 0 Å². The van der Waals surface area contributed by atoms with Crippen molar-refractivity contribution in [3.63, 3.8) is 0 Å². The fourth-order valence-corrected chi connectivity index (χ4v) is 1.04. The Hall–Kier alpha value is -1.24. The van der Waals surface area contributed by atoms with Gasteiger partial charge in [-0.3, -0.25) is 0 Å². The van der Waals surface area contributed by atoms with Gasteiger partial charge in [-0.05, 0) is 24.1 Å². The largest absolute Gasteiger partial charge is 0.351 e. The minimum absolute atomic E-state index is 0.514. The summed E-state index contributed by atoms with van der Waals surface area (Å²) in [5, 5.41) is 0. The first-order valence-electron chi connectivity index (χ1n) is 4.59. The van der Waals surface area contributed by atoms with E-state index >= 15 is 0 Å². The Bertz CT molecular complexity index is 279. The van der Waals surface area contributed by atoms with Crippen molar-refractivity contribution in [2.45, 2.75) is 13.8 Å². The van der Waals surface area contributed by atoms with E-state index < -0.39 is 0 Å². The van der Waals surface area contributed by atoms with Gasteiger partial charge in [0.05, 0.1) is 0 Å². The van der Waals surface area contributed by atoms with Gasteiger partial charge in [-0.15, -0.1) is 0 Å². The van der Waals surface area contributed by atoms with Crippen molar-refractivity contribution in [1.29, 1.82) is 0 Å². The van der Waals surface area contributed by atoms with Gasteiger partial charge in [0.25, 0.3) is 0 Å². The number of allylic oxidation sites excluding steroid dienone is 5. The molecule has 1 aliphatic rings. The van der Waals surface area contributed by atoms with Gasteiger partial charge in [-0.25, -0.2) is 0 Å². The lowest BCUT2D eigenvalue weighted by atomic mass is 10.0. The molecule has 0 spiro atoms. The molecule has 1 rings (SSSR count). The SMILES string of the molecule is C=C(/C=C1/C=CC=CN1C)C(C)C. The zero-order valence-corrected chi connectivity index (χ0v) is 8.62. The van der Waals surface area contributed by atoms with E-state index in [0.717, 1.165) is 0 Å². The molecule has 0 saturated carbocycles. The van der Waals surface area contributed by atoms with Crippen LogP contribution in [0.1, 0.15) is 13.8 Å². The average molecular weight is 175 g/mol. The topological polar surface area (TPSA) is 3.24 Å². The highest BCUT2D eigenvalue weighted by Crippen LogP contribution is 2.16. The molecule has 0 fully saturated rings. The van der Waals surface area contributed by atoms with Crippen molar-refractivity contribution in [3.05, 3.63) is 48.4 Å². The Labute approximate surface area is 80.7 Å². The first kappa shape index (κ1) is 9.85. The van der Waals surface area contributed by atoms with Gasteiger partial charge in [0.15, 0.2) is 0 Å². The number of nitrogens with zero attached hydrogens (tertiary/aromatic N) is 1. The molecule has 0 atom stereocenters. The van der Waals surface area contributed by atoms with E-state index in [4.69, 9.17) is 0 Å².